The Morgan fingerprint density at radius 1 is 0.172 bits per heavy atom. The van der Waals surface area contributed by atoms with Crippen LogP contribution < -0.4 is 0 Å². The summed E-state index contributed by atoms with van der Waals surface area (Å²) in [7, 11) is -48.3. The van der Waals surface area contributed by atoms with E-state index in [1.165, 1.54) is 0 Å². The van der Waals surface area contributed by atoms with Gasteiger partial charge in [0.15, 0.2) is 318 Å². The van der Waals surface area contributed by atoms with Gasteiger partial charge in [0.25, 0.3) is 0 Å². The fraction of sp³-hybridized carbons (Fsp3) is 0.900. The van der Waals surface area contributed by atoms with Crippen molar-refractivity contribution in [2.45, 2.75) is 450 Å². The molecule has 12 unspecified atom stereocenters. The summed E-state index contributed by atoms with van der Waals surface area (Å²) in [5, 5.41) is 4.54. The lowest BCUT2D eigenvalue weighted by Crippen LogP contribution is -3.53. The molecule has 0 amide bonds. The Morgan fingerprint density at radius 3 is 0.406 bits per heavy atom. The maximum atomic E-state index is 8.93. The molecule has 0 heterocycles. The molecule has 12 atom stereocenters. The predicted octanol–water partition coefficient (Wildman–Crippen LogP) is 7.34. The summed E-state index contributed by atoms with van der Waals surface area (Å²) in [5.41, 5.74) is -26.7. The van der Waals surface area contributed by atoms with Gasteiger partial charge in [-0.15, -0.1) is 0 Å². The van der Waals surface area contributed by atoms with Crippen molar-refractivity contribution in [2.75, 3.05) is 0 Å². The molecule has 0 aromatic carbocycles. The maximum Gasteiger partial charge on any atom is 0.219 e. The van der Waals surface area contributed by atoms with Crippen LogP contribution in [-0.4, -0.2) is 351 Å². The molecule has 18 saturated carbocycles. The lowest BCUT2D eigenvalue weighted by Gasteiger charge is -3.24. The molecule has 48 heteroatoms. The quantitative estimate of drug-likeness (QED) is 0.0429. The van der Waals surface area contributed by atoms with Crippen LogP contribution in [0.15, 0.2) is 45.1 Å². The van der Waals surface area contributed by atoms with Crippen LogP contribution in [0.3, 0.4) is 0 Å². The number of allylic oxidation sites excluding steroid dienone is 8. The van der Waals surface area contributed by atoms with Crippen molar-refractivity contribution in [2.24, 2.45) is 0 Å². The minimum Gasteiger partial charge on any atom is -0.410 e. The van der Waals surface area contributed by atoms with Crippen LogP contribution in [0.25, 0.3) is 0 Å². The van der Waals surface area contributed by atoms with E-state index in [0.717, 1.165) is 20.8 Å². The highest BCUT2D eigenvalue weighted by molar-refractivity contribution is 6.83. The molecule has 18 aliphatic carbocycles. The van der Waals surface area contributed by atoms with Crippen molar-refractivity contribution < 1.29 is 106 Å². The fourth-order valence-electron chi connectivity index (χ4n) is 32.7. The van der Waals surface area contributed by atoms with Gasteiger partial charge < -0.3 is 106 Å². The zero-order valence-corrected chi connectivity index (χ0v) is 118. The van der Waals surface area contributed by atoms with E-state index in [4.69, 9.17) is 106 Å². The molecule has 0 aliphatic heterocycles. The van der Waals surface area contributed by atoms with E-state index in [9.17, 15) is 0 Å². The first-order chi connectivity index (χ1) is 58.3. The van der Waals surface area contributed by atoms with Crippen LogP contribution in [0, 0.1) is 0 Å². The van der Waals surface area contributed by atoms with Gasteiger partial charge in [-0.1, -0.05) is 118 Å². The van der Waals surface area contributed by atoms with Crippen LogP contribution in [-0.2, 0) is 106 Å². The lowest BCUT2D eigenvalue weighted by molar-refractivity contribution is -0.836. The van der Waals surface area contributed by atoms with Crippen molar-refractivity contribution in [3.05, 3.63) is 45.1 Å². The standard InChI is InChI=1S/C80H172O24Si24/c1-49-56(128(47,48)104-80-68(92-116-16)61(85-109-9)58(82-106-6)62(68,86-110-10)74(80,98-122(32,33)34)70(58,94-118(20,21)22)73(61,80)97-121(29,30)31)52-55(4)127(45,46)103-79-67(91-115-15)63(87-111-11)66(90-114-14)64(67,88-112-12)76(79,100-124(38,39)40)78(66,75(63,79)99-123(35,36)37)102-126(43,44)54(3)51-50-53(2)125(41,42)101-77-65(89-113-13)59(83-107-7)57(81-105-5)60(65,84-108-8)72(77,96-120(26,27)28)69(57,93-117(17,18)19)71(59,77)95-119(23,24)25/h49-52H,105-116H2,1-48H3. The Morgan fingerprint density at radius 2 is 0.289 bits per heavy atom. The normalized spacial score (nSPS) is 47.8. The highest BCUT2D eigenvalue weighted by Gasteiger charge is 3.49. The molecule has 0 radical (unpaired) electrons. The van der Waals surface area contributed by atoms with Crippen molar-refractivity contribution >= 4 is 217 Å². The lowest BCUT2D eigenvalue weighted by atomic mass is 8.87. The van der Waals surface area contributed by atoms with E-state index in [1.54, 1.807) is 0 Å². The zero-order valence-electron chi connectivity index (χ0n) is 88.6. The first kappa shape index (κ1) is 105. The van der Waals surface area contributed by atoms with Crippen molar-refractivity contribution in [1.82, 2.24) is 0 Å². The summed E-state index contributed by atoms with van der Waals surface area (Å²) in [5.74, 6) is 0. The summed E-state index contributed by atoms with van der Waals surface area (Å²) >= 11 is 0. The Balaban J connectivity index is 0.858. The smallest absolute Gasteiger partial charge is 0.219 e. The van der Waals surface area contributed by atoms with Gasteiger partial charge in [0.05, 0.1) is 0 Å². The molecule has 24 nitrogen and oxygen atoms in total. The first-order valence-corrected chi connectivity index (χ1v) is 112. The molecule has 18 fully saturated rings. The van der Waals surface area contributed by atoms with Crippen LogP contribution in [0.5, 0.6) is 0 Å². The zero-order chi connectivity index (χ0) is 96.6. The maximum absolute atomic E-state index is 8.93. The molecule has 18 aliphatic rings. The average molecular weight is 2190 g/mol. The van der Waals surface area contributed by atoms with Gasteiger partial charge in [0, 0.05) is 0 Å². The largest absolute Gasteiger partial charge is 0.410 e. The predicted molar refractivity (Wildman–Crippen MR) is 576 cm³/mol. The van der Waals surface area contributed by atoms with Gasteiger partial charge in [-0.05, 0) is 242 Å². The summed E-state index contributed by atoms with van der Waals surface area (Å²) in [4.78, 5) is 0. The van der Waals surface area contributed by atoms with Crippen LogP contribution >= 0.6 is 0 Å². The van der Waals surface area contributed by atoms with Gasteiger partial charge in [-0.2, -0.15) is 0 Å². The monoisotopic (exact) mass is 2190 g/mol. The van der Waals surface area contributed by atoms with Gasteiger partial charge in [-0.3, -0.25) is 0 Å². The average Bonchev–Trinajstić information content (AvgIpc) is 0.499. The third-order valence-corrected chi connectivity index (χ3v) is 59.6. The van der Waals surface area contributed by atoms with Crippen LogP contribution in [0.2, 0.25) is 288 Å². The van der Waals surface area contributed by atoms with Gasteiger partial charge in [0.2, 0.25) is 33.3 Å². The first-order valence-electron chi connectivity index (χ1n) is 49.2. The third kappa shape index (κ3) is 9.13. The number of rotatable bonds is 54. The molecule has 128 heavy (non-hydrogen) atoms. The summed E-state index contributed by atoms with van der Waals surface area (Å²) in [6.45, 7) is 110. The summed E-state index contributed by atoms with van der Waals surface area (Å²) < 4.78 is 195. The Hall–Kier alpha value is 3.21. The molecule has 0 saturated heterocycles. The van der Waals surface area contributed by atoms with Gasteiger partial charge in [-0.25, -0.2) is 0 Å². The Bertz CT molecular complexity index is 4510. The van der Waals surface area contributed by atoms with E-state index in [0.29, 0.717) is 0 Å². The highest BCUT2D eigenvalue weighted by atomic mass is 28.4. The van der Waals surface area contributed by atoms with Gasteiger partial charge in [0.1, 0.15) is 0 Å². The minimum atomic E-state index is -3.34. The fourth-order valence-corrected chi connectivity index (χ4v) is 64.3. The molecule has 0 aromatic rings. The molecular formula is C80H172O24Si24. The number of hydrogen-bond acceptors (Lipinski definition) is 24. The second-order valence-electron chi connectivity index (χ2n) is 49.0. The van der Waals surface area contributed by atoms with E-state index in [1.807, 2.05) is 0 Å². The Kier molecular flexibility index (Phi) is 24.4. The molecule has 732 valence electrons. The van der Waals surface area contributed by atoms with E-state index in [2.05, 4.69) is 340 Å². The third-order valence-electron chi connectivity index (χ3n) is 32.3. The summed E-state index contributed by atoms with van der Waals surface area (Å²) in [6.07, 6.45) is 9.44. The van der Waals surface area contributed by atoms with Gasteiger partial charge >= 0.3 is 0 Å². The molecule has 0 bridgehead atoms. The highest BCUT2D eigenvalue weighted by Crippen LogP contribution is 3.20. The second kappa shape index (κ2) is 29.6. The minimum absolute atomic E-state index is 0.974. The van der Waals surface area contributed by atoms with E-state index in [-0.39, 0.29) is 0 Å². The second-order valence-corrected chi connectivity index (χ2v) is 111. The van der Waals surface area contributed by atoms with Crippen LogP contribution in [0.1, 0.15) is 27.7 Å². The number of hydrogen-bond donors (Lipinski definition) is 0. The van der Waals surface area contributed by atoms with Crippen molar-refractivity contribution in [3.63, 3.8) is 0 Å². The SMILES string of the molecule is CC=C(C=C(C)[Si](C)(C)OC12C3(O[SiH2]C)C4(O[SiH2]C)C5(O[SiH2]C)C3(O[SiH2]C)C1(O[Si](C)(C)C)C5(O[Si](C)(C)C(C)=CC=C(C)[Si](C)(C)OC13C5(O[SiH2]C)C6(O[SiH2]C)C7(O[SiH2]C)C5(O[SiH2]C)C1(O[Si](C)(C)C)C7(O[Si](C)(C)C)C63O[Si](C)(C)C)C42O[Si](C)(C)C)[Si](C)(C)OC12C3(O[SiH2]C)C4(O[SiH2]C)C5(O[SiH2]C)C3(O[SiH2]C)C1(O[Si](C)(C)C)C5(O[Si](C)(C)C)C42O[Si](C)(C)C. The summed E-state index contributed by atoms with van der Waals surface area (Å²) in [6, 6.07) is 0. The molecular weight excluding hydrogens is 2020 g/mol. The van der Waals surface area contributed by atoms with E-state index >= 15 is 0 Å². The van der Waals surface area contributed by atoms with Crippen LogP contribution in [0.4, 0.5) is 0 Å². The molecule has 18 rings (SSSR count). The Labute approximate surface area is 811 Å². The molecule has 0 spiro atoms. The molecule has 0 aromatic heterocycles. The van der Waals surface area contributed by atoms with Crippen molar-refractivity contribution in [3.8, 4) is 0 Å². The topological polar surface area (TPSA) is 222 Å². The van der Waals surface area contributed by atoms with E-state index < -0.39 is 351 Å². The van der Waals surface area contributed by atoms with Crippen molar-refractivity contribution in [1.29, 1.82) is 0 Å². The molecule has 0 N–H and O–H groups in total.